The summed E-state index contributed by atoms with van der Waals surface area (Å²) in [5.74, 6) is -2.91. The summed E-state index contributed by atoms with van der Waals surface area (Å²) >= 11 is 1.24. The number of rotatable bonds is 5. The van der Waals surface area contributed by atoms with Crippen LogP contribution in [0.4, 0.5) is 9.52 Å². The molecule has 0 fully saturated rings. The van der Waals surface area contributed by atoms with Gasteiger partial charge < -0.3 is 9.52 Å². The molecule has 3 heterocycles. The van der Waals surface area contributed by atoms with E-state index < -0.39 is 29.3 Å². The van der Waals surface area contributed by atoms with E-state index in [1.807, 2.05) is 25.1 Å². The Morgan fingerprint density at radius 3 is 2.75 bits per heavy atom. The highest BCUT2D eigenvalue weighted by molar-refractivity contribution is 7.22. The first-order valence-electron chi connectivity index (χ1n) is 9.98. The maximum Gasteiger partial charge on any atom is 0.296 e. The number of fused-ring (bicyclic) bond motifs is 1. The molecule has 0 saturated heterocycles. The Hall–Kier alpha value is -3.78. The van der Waals surface area contributed by atoms with Gasteiger partial charge in [-0.1, -0.05) is 42.5 Å². The fraction of sp³-hybridized carbons (Fsp3) is 0.125. The molecule has 32 heavy (non-hydrogen) atoms. The van der Waals surface area contributed by atoms with Crippen molar-refractivity contribution in [3.8, 4) is 0 Å². The Bertz CT molecular complexity index is 1390. The second kappa shape index (κ2) is 7.72. The molecular formula is C24H17FN2O4S. The van der Waals surface area contributed by atoms with Crippen LogP contribution in [0.1, 0.15) is 34.6 Å². The number of anilines is 1. The lowest BCUT2D eigenvalue weighted by atomic mass is 9.95. The lowest BCUT2D eigenvalue weighted by Gasteiger charge is -2.24. The molecule has 2 aromatic heterocycles. The standard InChI is InChI=1S/C24H17FN2O4S/c1-2-13-9-10-16-18(12-13)32-24(26-16)27-20(14-6-3-4-7-15(14)25)19(22(29)23(27)30)21(28)17-8-5-11-31-17/h3-12,20,29H,2H2,1H3/t20-/m0/s1. The summed E-state index contributed by atoms with van der Waals surface area (Å²) in [5, 5.41) is 11.0. The van der Waals surface area contributed by atoms with Crippen molar-refractivity contribution in [3.63, 3.8) is 0 Å². The predicted octanol–water partition coefficient (Wildman–Crippen LogP) is 5.37. The third-order valence-electron chi connectivity index (χ3n) is 5.45. The van der Waals surface area contributed by atoms with Gasteiger partial charge >= 0.3 is 0 Å². The van der Waals surface area contributed by atoms with Crippen LogP contribution >= 0.6 is 11.3 Å². The largest absolute Gasteiger partial charge is 0.503 e. The lowest BCUT2D eigenvalue weighted by Crippen LogP contribution is -2.31. The normalized spacial score (nSPS) is 16.4. The minimum absolute atomic E-state index is 0.0561. The number of thiazole rings is 1. The van der Waals surface area contributed by atoms with E-state index >= 15 is 0 Å². The summed E-state index contributed by atoms with van der Waals surface area (Å²) in [6.45, 7) is 2.04. The van der Waals surface area contributed by atoms with E-state index in [-0.39, 0.29) is 22.0 Å². The average Bonchev–Trinajstić information content (AvgIpc) is 3.52. The van der Waals surface area contributed by atoms with E-state index in [4.69, 9.17) is 4.42 Å². The molecule has 4 aromatic rings. The molecule has 1 aliphatic heterocycles. The third kappa shape index (κ3) is 3.11. The van der Waals surface area contributed by atoms with Gasteiger partial charge in [-0.2, -0.15) is 0 Å². The highest BCUT2D eigenvalue weighted by Gasteiger charge is 2.47. The number of aliphatic hydroxyl groups is 1. The van der Waals surface area contributed by atoms with Crippen molar-refractivity contribution < 1.29 is 23.5 Å². The smallest absolute Gasteiger partial charge is 0.296 e. The van der Waals surface area contributed by atoms with E-state index in [0.29, 0.717) is 5.52 Å². The van der Waals surface area contributed by atoms with E-state index in [2.05, 4.69) is 4.98 Å². The molecule has 5 rings (SSSR count). The first kappa shape index (κ1) is 20.1. The first-order chi connectivity index (χ1) is 15.5. The zero-order valence-corrected chi connectivity index (χ0v) is 17.7. The lowest BCUT2D eigenvalue weighted by molar-refractivity contribution is -0.117. The molecule has 160 valence electrons. The number of furan rings is 1. The summed E-state index contributed by atoms with van der Waals surface area (Å²) in [5.41, 5.74) is 1.62. The number of aliphatic hydroxyl groups excluding tert-OH is 1. The second-order valence-electron chi connectivity index (χ2n) is 7.32. The zero-order valence-electron chi connectivity index (χ0n) is 16.9. The molecule has 6 nitrogen and oxygen atoms in total. The molecule has 1 aliphatic rings. The number of benzene rings is 2. The van der Waals surface area contributed by atoms with Crippen molar-refractivity contribution in [2.24, 2.45) is 0 Å². The van der Waals surface area contributed by atoms with Gasteiger partial charge in [-0.3, -0.25) is 14.5 Å². The van der Waals surface area contributed by atoms with Crippen molar-refractivity contribution in [2.45, 2.75) is 19.4 Å². The number of carbonyl (C=O) groups excluding carboxylic acids is 2. The average molecular weight is 448 g/mol. The van der Waals surface area contributed by atoms with E-state index in [0.717, 1.165) is 16.7 Å². The summed E-state index contributed by atoms with van der Waals surface area (Å²) < 4.78 is 20.9. The Labute approximate surface area is 186 Å². The minimum atomic E-state index is -1.19. The zero-order chi connectivity index (χ0) is 22.4. The maximum atomic E-state index is 14.9. The van der Waals surface area contributed by atoms with Gasteiger partial charge in [0.25, 0.3) is 5.91 Å². The van der Waals surface area contributed by atoms with Crippen molar-refractivity contribution in [3.05, 3.63) is 94.9 Å². The first-order valence-corrected chi connectivity index (χ1v) is 10.8. The topological polar surface area (TPSA) is 83.6 Å². The van der Waals surface area contributed by atoms with Crippen LogP contribution in [0.25, 0.3) is 10.2 Å². The fourth-order valence-electron chi connectivity index (χ4n) is 3.85. The molecule has 0 radical (unpaired) electrons. The number of halogens is 1. The molecule has 0 aliphatic carbocycles. The molecule has 0 unspecified atom stereocenters. The Morgan fingerprint density at radius 1 is 1.22 bits per heavy atom. The van der Waals surface area contributed by atoms with E-state index in [1.54, 1.807) is 6.07 Å². The second-order valence-corrected chi connectivity index (χ2v) is 8.33. The molecular weight excluding hydrogens is 431 g/mol. The van der Waals surface area contributed by atoms with Gasteiger partial charge in [-0.25, -0.2) is 9.37 Å². The number of Topliss-reactive ketones (excluding diaryl/α,β-unsaturated/α-hetero) is 1. The molecule has 0 bridgehead atoms. The van der Waals surface area contributed by atoms with E-state index in [1.165, 1.54) is 52.8 Å². The number of nitrogens with zero attached hydrogens (tertiary/aromatic N) is 2. The number of hydrogen-bond acceptors (Lipinski definition) is 6. The number of carbonyl (C=O) groups is 2. The SMILES string of the molecule is CCc1ccc2nc(N3C(=O)C(O)=C(C(=O)c4ccco4)[C@@H]3c3ccccc3F)sc2c1. The number of aromatic nitrogens is 1. The Balaban J connectivity index is 1.69. The van der Waals surface area contributed by atoms with Crippen LogP contribution in [0.5, 0.6) is 0 Å². The molecule has 2 aromatic carbocycles. The van der Waals surface area contributed by atoms with Gasteiger partial charge in [-0.05, 0) is 42.3 Å². The number of ketones is 1. The minimum Gasteiger partial charge on any atom is -0.503 e. The van der Waals surface area contributed by atoms with Crippen LogP contribution < -0.4 is 4.90 Å². The van der Waals surface area contributed by atoms with Crippen LogP contribution in [0.15, 0.2) is 76.6 Å². The molecule has 0 spiro atoms. The van der Waals surface area contributed by atoms with Gasteiger partial charge in [0.1, 0.15) is 11.9 Å². The molecule has 1 atom stereocenters. The highest BCUT2D eigenvalue weighted by atomic mass is 32.1. The van der Waals surface area contributed by atoms with Gasteiger partial charge in [0.15, 0.2) is 16.7 Å². The van der Waals surface area contributed by atoms with Gasteiger partial charge in [0, 0.05) is 5.56 Å². The van der Waals surface area contributed by atoms with Crippen LogP contribution in [0.2, 0.25) is 0 Å². The fourth-order valence-corrected chi connectivity index (χ4v) is 4.90. The summed E-state index contributed by atoms with van der Waals surface area (Å²) in [6.07, 6.45) is 2.16. The number of amides is 1. The van der Waals surface area contributed by atoms with Gasteiger partial charge in [-0.15, -0.1) is 0 Å². The van der Waals surface area contributed by atoms with Crippen LogP contribution in [-0.2, 0) is 11.2 Å². The third-order valence-corrected chi connectivity index (χ3v) is 6.47. The summed E-state index contributed by atoms with van der Waals surface area (Å²) in [7, 11) is 0. The maximum absolute atomic E-state index is 14.9. The quantitative estimate of drug-likeness (QED) is 0.415. The Kier molecular flexibility index (Phi) is 4.86. The highest BCUT2D eigenvalue weighted by Crippen LogP contribution is 2.44. The monoisotopic (exact) mass is 448 g/mol. The van der Waals surface area contributed by atoms with Gasteiger partial charge in [0.2, 0.25) is 5.78 Å². The van der Waals surface area contributed by atoms with Crippen LogP contribution in [0.3, 0.4) is 0 Å². The Morgan fingerprint density at radius 2 is 2.03 bits per heavy atom. The number of aryl methyl sites for hydroxylation is 1. The summed E-state index contributed by atoms with van der Waals surface area (Å²) in [4.78, 5) is 32.1. The molecule has 8 heteroatoms. The van der Waals surface area contributed by atoms with Crippen LogP contribution in [-0.4, -0.2) is 21.8 Å². The number of hydrogen-bond donors (Lipinski definition) is 1. The summed E-state index contributed by atoms with van der Waals surface area (Å²) in [6, 6.07) is 13.4. The predicted molar refractivity (Wildman–Crippen MR) is 118 cm³/mol. The van der Waals surface area contributed by atoms with E-state index in [9.17, 15) is 19.1 Å². The van der Waals surface area contributed by atoms with Crippen molar-refractivity contribution in [1.82, 2.24) is 4.98 Å². The molecule has 1 N–H and O–H groups in total. The van der Waals surface area contributed by atoms with Crippen molar-refractivity contribution in [1.29, 1.82) is 0 Å². The van der Waals surface area contributed by atoms with Crippen molar-refractivity contribution >= 4 is 38.4 Å². The van der Waals surface area contributed by atoms with Crippen LogP contribution in [0, 0.1) is 5.82 Å². The molecule has 0 saturated carbocycles. The molecule has 1 amide bonds. The van der Waals surface area contributed by atoms with Gasteiger partial charge in [0.05, 0.1) is 22.1 Å². The van der Waals surface area contributed by atoms with Crippen molar-refractivity contribution in [2.75, 3.05) is 4.90 Å².